The first-order chi connectivity index (χ1) is 16.0. The lowest BCUT2D eigenvalue weighted by atomic mass is 10.1. The molecule has 7 heteroatoms. The van der Waals surface area contributed by atoms with E-state index in [1.165, 1.54) is 6.08 Å². The van der Waals surface area contributed by atoms with Gasteiger partial charge in [-0.3, -0.25) is 4.79 Å². The molecule has 1 saturated heterocycles. The highest BCUT2D eigenvalue weighted by atomic mass is 16.5. The van der Waals surface area contributed by atoms with Gasteiger partial charge in [0.05, 0.1) is 24.6 Å². The molecule has 1 fully saturated rings. The number of carbonyl (C=O) groups is 2. The van der Waals surface area contributed by atoms with Crippen molar-refractivity contribution in [1.82, 2.24) is 14.7 Å². The van der Waals surface area contributed by atoms with Crippen LogP contribution in [0.3, 0.4) is 0 Å². The maximum Gasteiger partial charge on any atom is 0.331 e. The average molecular weight is 446 g/mol. The van der Waals surface area contributed by atoms with Crippen molar-refractivity contribution in [2.24, 2.45) is 0 Å². The zero-order chi connectivity index (χ0) is 23.2. The Balaban J connectivity index is 1.53. The molecule has 1 aromatic heterocycles. The summed E-state index contributed by atoms with van der Waals surface area (Å²) < 4.78 is 12.8. The SMILES string of the molecule is Cc1nn(-c2ccccc2)c(C)c1/C=C/C(=O)OC(C(=O)N1CCOCC1)c1ccccc1. The van der Waals surface area contributed by atoms with Gasteiger partial charge in [0.25, 0.3) is 5.91 Å². The molecule has 0 spiro atoms. The molecular weight excluding hydrogens is 418 g/mol. The van der Waals surface area contributed by atoms with Crippen molar-refractivity contribution in [3.63, 3.8) is 0 Å². The van der Waals surface area contributed by atoms with E-state index in [1.54, 1.807) is 23.1 Å². The van der Waals surface area contributed by atoms with Crippen LogP contribution in [0.15, 0.2) is 66.7 Å². The first-order valence-electron chi connectivity index (χ1n) is 11.0. The summed E-state index contributed by atoms with van der Waals surface area (Å²) >= 11 is 0. The van der Waals surface area contributed by atoms with Crippen LogP contribution in [0.2, 0.25) is 0 Å². The summed E-state index contributed by atoms with van der Waals surface area (Å²) in [4.78, 5) is 27.6. The third kappa shape index (κ3) is 5.21. The minimum absolute atomic E-state index is 0.240. The van der Waals surface area contributed by atoms with E-state index in [9.17, 15) is 9.59 Å². The summed E-state index contributed by atoms with van der Waals surface area (Å²) in [6, 6.07) is 18.9. The van der Waals surface area contributed by atoms with Crippen molar-refractivity contribution in [2.75, 3.05) is 26.3 Å². The Morgan fingerprint density at radius 3 is 2.30 bits per heavy atom. The highest BCUT2D eigenvalue weighted by molar-refractivity contribution is 5.91. The van der Waals surface area contributed by atoms with Crippen molar-refractivity contribution in [3.8, 4) is 5.69 Å². The molecule has 3 aromatic rings. The molecule has 1 unspecified atom stereocenters. The van der Waals surface area contributed by atoms with Crippen molar-refractivity contribution in [1.29, 1.82) is 0 Å². The van der Waals surface area contributed by atoms with E-state index in [1.807, 2.05) is 67.1 Å². The minimum atomic E-state index is -1.00. The highest BCUT2D eigenvalue weighted by Crippen LogP contribution is 2.23. The van der Waals surface area contributed by atoms with Crippen LogP contribution in [0, 0.1) is 13.8 Å². The summed E-state index contributed by atoms with van der Waals surface area (Å²) in [7, 11) is 0. The summed E-state index contributed by atoms with van der Waals surface area (Å²) in [6.07, 6.45) is 2.05. The molecule has 2 heterocycles. The summed E-state index contributed by atoms with van der Waals surface area (Å²) in [5, 5.41) is 4.60. The zero-order valence-corrected chi connectivity index (χ0v) is 18.8. The fraction of sp³-hybridized carbons (Fsp3) is 0.269. The van der Waals surface area contributed by atoms with Crippen LogP contribution in [0.4, 0.5) is 0 Å². The van der Waals surface area contributed by atoms with Gasteiger partial charge in [0, 0.05) is 36.0 Å². The van der Waals surface area contributed by atoms with Crippen LogP contribution in [0.1, 0.15) is 28.6 Å². The molecule has 1 aliphatic rings. The molecule has 7 nitrogen and oxygen atoms in total. The maximum absolute atomic E-state index is 13.1. The number of aryl methyl sites for hydroxylation is 1. The number of para-hydroxylation sites is 1. The molecule has 0 radical (unpaired) electrons. The number of ether oxygens (including phenoxy) is 2. The molecule has 170 valence electrons. The van der Waals surface area contributed by atoms with Gasteiger partial charge < -0.3 is 14.4 Å². The molecule has 1 aliphatic heterocycles. The Hall–Kier alpha value is -3.71. The number of aromatic nitrogens is 2. The third-order valence-corrected chi connectivity index (χ3v) is 5.62. The first kappa shape index (κ1) is 22.5. The van der Waals surface area contributed by atoms with Gasteiger partial charge in [0.15, 0.2) is 0 Å². The molecule has 4 rings (SSSR count). The Kier molecular flexibility index (Phi) is 7.00. The number of rotatable bonds is 6. The lowest BCUT2D eigenvalue weighted by Crippen LogP contribution is -2.44. The summed E-state index contributed by atoms with van der Waals surface area (Å²) in [5.41, 5.74) is 4.13. The van der Waals surface area contributed by atoms with Gasteiger partial charge in [-0.1, -0.05) is 48.5 Å². The van der Waals surface area contributed by atoms with E-state index in [0.29, 0.717) is 31.9 Å². The largest absolute Gasteiger partial charge is 0.444 e. The first-order valence-corrected chi connectivity index (χ1v) is 11.0. The zero-order valence-electron chi connectivity index (χ0n) is 18.8. The second-order valence-corrected chi connectivity index (χ2v) is 7.83. The fourth-order valence-corrected chi connectivity index (χ4v) is 3.86. The van der Waals surface area contributed by atoms with Crippen molar-refractivity contribution in [2.45, 2.75) is 20.0 Å². The molecule has 0 N–H and O–H groups in total. The summed E-state index contributed by atoms with van der Waals surface area (Å²) in [6.45, 7) is 5.76. The lowest BCUT2D eigenvalue weighted by Gasteiger charge is -2.30. The smallest absolute Gasteiger partial charge is 0.331 e. The van der Waals surface area contributed by atoms with Crippen molar-refractivity contribution >= 4 is 18.0 Å². The molecule has 0 aliphatic carbocycles. The topological polar surface area (TPSA) is 73.7 Å². The normalized spacial score (nSPS) is 14.9. The molecule has 2 aromatic carbocycles. The van der Waals surface area contributed by atoms with Gasteiger partial charge >= 0.3 is 5.97 Å². The number of carbonyl (C=O) groups excluding carboxylic acids is 2. The van der Waals surface area contributed by atoms with Crippen LogP contribution < -0.4 is 0 Å². The number of hydrogen-bond donors (Lipinski definition) is 0. The van der Waals surface area contributed by atoms with E-state index in [2.05, 4.69) is 5.10 Å². The number of morpholine rings is 1. The van der Waals surface area contributed by atoms with E-state index < -0.39 is 12.1 Å². The number of esters is 1. The molecule has 33 heavy (non-hydrogen) atoms. The number of amides is 1. The van der Waals surface area contributed by atoms with Crippen LogP contribution in [0.25, 0.3) is 11.8 Å². The molecule has 0 saturated carbocycles. The van der Waals surface area contributed by atoms with Crippen LogP contribution in [0.5, 0.6) is 0 Å². The molecular formula is C26H27N3O4. The Labute approximate surface area is 193 Å². The van der Waals surface area contributed by atoms with Gasteiger partial charge in [-0.2, -0.15) is 5.10 Å². The fourth-order valence-electron chi connectivity index (χ4n) is 3.86. The predicted octanol–water partition coefficient (Wildman–Crippen LogP) is 3.65. The second-order valence-electron chi connectivity index (χ2n) is 7.83. The number of hydrogen-bond acceptors (Lipinski definition) is 5. The van der Waals surface area contributed by atoms with Crippen molar-refractivity contribution < 1.29 is 19.1 Å². The lowest BCUT2D eigenvalue weighted by molar-refractivity contribution is -0.159. The van der Waals surface area contributed by atoms with Crippen molar-refractivity contribution in [3.05, 3.63) is 89.3 Å². The van der Waals surface area contributed by atoms with E-state index in [0.717, 1.165) is 22.6 Å². The summed E-state index contributed by atoms with van der Waals surface area (Å²) in [5.74, 6) is -0.827. The van der Waals surface area contributed by atoms with Gasteiger partial charge in [0.1, 0.15) is 0 Å². The van der Waals surface area contributed by atoms with Gasteiger partial charge in [-0.15, -0.1) is 0 Å². The maximum atomic E-state index is 13.1. The Morgan fingerprint density at radius 2 is 1.64 bits per heavy atom. The monoisotopic (exact) mass is 445 g/mol. The highest BCUT2D eigenvalue weighted by Gasteiger charge is 2.30. The molecule has 0 bridgehead atoms. The number of benzene rings is 2. The van der Waals surface area contributed by atoms with Crippen LogP contribution >= 0.6 is 0 Å². The molecule has 1 amide bonds. The minimum Gasteiger partial charge on any atom is -0.444 e. The van der Waals surface area contributed by atoms with Gasteiger partial charge in [-0.05, 0) is 32.1 Å². The quantitative estimate of drug-likeness (QED) is 0.428. The number of nitrogens with zero attached hydrogens (tertiary/aromatic N) is 3. The standard InChI is InChI=1S/C26H27N3O4/c1-19-23(20(2)29(27-19)22-11-7-4-8-12-22)13-14-24(30)33-25(21-9-5-3-6-10-21)26(31)28-15-17-32-18-16-28/h3-14,25H,15-18H2,1-2H3/b14-13+. The van der Waals surface area contributed by atoms with E-state index >= 15 is 0 Å². The second kappa shape index (κ2) is 10.3. The molecule has 1 atom stereocenters. The van der Waals surface area contributed by atoms with Gasteiger partial charge in [-0.25, -0.2) is 9.48 Å². The predicted molar refractivity (Wildman–Crippen MR) is 125 cm³/mol. The van der Waals surface area contributed by atoms with Crippen LogP contribution in [-0.2, 0) is 19.1 Å². The Bertz CT molecular complexity index is 1130. The van der Waals surface area contributed by atoms with Crippen LogP contribution in [-0.4, -0.2) is 52.9 Å². The average Bonchev–Trinajstić information content (AvgIpc) is 3.15. The van der Waals surface area contributed by atoms with Gasteiger partial charge in [0.2, 0.25) is 6.10 Å². The van der Waals surface area contributed by atoms with E-state index in [-0.39, 0.29) is 5.91 Å². The third-order valence-electron chi connectivity index (χ3n) is 5.62. The Morgan fingerprint density at radius 1 is 1.00 bits per heavy atom. The van der Waals surface area contributed by atoms with E-state index in [4.69, 9.17) is 9.47 Å².